The van der Waals surface area contributed by atoms with Crippen LogP contribution in [0.2, 0.25) is 0 Å². The number of benzene rings is 1. The molecule has 1 amide bonds. The van der Waals surface area contributed by atoms with E-state index in [2.05, 4.69) is 4.98 Å². The number of rotatable bonds is 2. The number of hydrogen-bond donors (Lipinski definition) is 1. The van der Waals surface area contributed by atoms with Gasteiger partial charge in [-0.05, 0) is 31.2 Å². The first-order chi connectivity index (χ1) is 10.6. The first-order valence-corrected chi connectivity index (χ1v) is 7.45. The summed E-state index contributed by atoms with van der Waals surface area (Å²) in [5.41, 5.74) is 0.399. The number of nitrogens with zero attached hydrogens (tertiary/aromatic N) is 2. The first-order valence-electron chi connectivity index (χ1n) is 7.45. The van der Waals surface area contributed by atoms with Gasteiger partial charge in [0.25, 0.3) is 5.91 Å². The van der Waals surface area contributed by atoms with E-state index >= 15 is 0 Å². The quantitative estimate of drug-likeness (QED) is 0.925. The van der Waals surface area contributed by atoms with Gasteiger partial charge in [0.05, 0.1) is 5.92 Å². The van der Waals surface area contributed by atoms with Gasteiger partial charge in [0.1, 0.15) is 5.69 Å². The van der Waals surface area contributed by atoms with Crippen LogP contribution in [0.1, 0.15) is 30.3 Å². The second-order valence-electron chi connectivity index (χ2n) is 5.80. The molecular formula is C17H18N2O3. The van der Waals surface area contributed by atoms with Crippen LogP contribution in [0.3, 0.4) is 0 Å². The molecule has 2 heterocycles. The number of carboxylic acid groups (broad SMARTS) is 1. The standard InChI is InChI=1S/C17H18N2O3/c1-11-6-7-13(17(21)22)10-19(11)16(20)15-14-5-3-2-4-12(14)8-9-18-15/h2-5,8-9,11,13H,6-7,10H2,1H3,(H,21,22)/t11-,13?/m0/s1. The summed E-state index contributed by atoms with van der Waals surface area (Å²) in [4.78, 5) is 30.0. The van der Waals surface area contributed by atoms with Crippen molar-refractivity contribution in [1.29, 1.82) is 0 Å². The third kappa shape index (κ3) is 2.54. The molecule has 2 atom stereocenters. The Balaban J connectivity index is 1.96. The van der Waals surface area contributed by atoms with E-state index < -0.39 is 11.9 Å². The van der Waals surface area contributed by atoms with Crippen molar-refractivity contribution >= 4 is 22.6 Å². The summed E-state index contributed by atoms with van der Waals surface area (Å²) in [7, 11) is 0. The highest BCUT2D eigenvalue weighted by atomic mass is 16.4. The van der Waals surface area contributed by atoms with E-state index in [1.807, 2.05) is 37.3 Å². The summed E-state index contributed by atoms with van der Waals surface area (Å²) in [5, 5.41) is 11.0. The Labute approximate surface area is 128 Å². The Morgan fingerprint density at radius 3 is 2.77 bits per heavy atom. The molecule has 0 radical (unpaired) electrons. The molecule has 1 aromatic carbocycles. The summed E-state index contributed by atoms with van der Waals surface area (Å²) >= 11 is 0. The van der Waals surface area contributed by atoms with Crippen molar-refractivity contribution in [2.45, 2.75) is 25.8 Å². The largest absolute Gasteiger partial charge is 0.481 e. The second kappa shape index (κ2) is 5.75. The van der Waals surface area contributed by atoms with Crippen LogP contribution in [-0.2, 0) is 4.79 Å². The number of hydrogen-bond acceptors (Lipinski definition) is 3. The van der Waals surface area contributed by atoms with Gasteiger partial charge in [-0.1, -0.05) is 24.3 Å². The van der Waals surface area contributed by atoms with E-state index in [1.165, 1.54) is 0 Å². The topological polar surface area (TPSA) is 70.5 Å². The lowest BCUT2D eigenvalue weighted by atomic mass is 9.93. The van der Waals surface area contributed by atoms with Crippen molar-refractivity contribution in [2.75, 3.05) is 6.54 Å². The highest BCUT2D eigenvalue weighted by molar-refractivity contribution is 6.05. The Bertz CT molecular complexity index is 723. The van der Waals surface area contributed by atoms with Gasteiger partial charge < -0.3 is 10.0 Å². The third-order valence-electron chi connectivity index (χ3n) is 4.37. The SMILES string of the molecule is C[C@H]1CCC(C(=O)O)CN1C(=O)c1nccc2ccccc12. The van der Waals surface area contributed by atoms with Gasteiger partial charge >= 0.3 is 5.97 Å². The molecule has 1 aromatic heterocycles. The van der Waals surface area contributed by atoms with Gasteiger partial charge in [-0.2, -0.15) is 0 Å². The first kappa shape index (κ1) is 14.5. The summed E-state index contributed by atoms with van der Waals surface area (Å²) in [6, 6.07) is 9.50. The number of carbonyl (C=O) groups is 2. The van der Waals surface area contributed by atoms with E-state index in [0.29, 0.717) is 18.5 Å². The van der Waals surface area contributed by atoms with E-state index in [0.717, 1.165) is 10.8 Å². The number of carboxylic acids is 1. The predicted octanol–water partition coefficient (Wildman–Crippen LogP) is 2.56. The molecule has 1 N–H and O–H groups in total. The van der Waals surface area contributed by atoms with Gasteiger partial charge in [-0.15, -0.1) is 0 Å². The lowest BCUT2D eigenvalue weighted by Crippen LogP contribution is -2.47. The fourth-order valence-corrected chi connectivity index (χ4v) is 3.02. The van der Waals surface area contributed by atoms with Crippen LogP contribution in [0.25, 0.3) is 10.8 Å². The van der Waals surface area contributed by atoms with Gasteiger partial charge in [-0.3, -0.25) is 14.6 Å². The van der Waals surface area contributed by atoms with Crippen LogP contribution < -0.4 is 0 Å². The Kier molecular flexibility index (Phi) is 3.79. The minimum atomic E-state index is -0.837. The zero-order valence-electron chi connectivity index (χ0n) is 12.4. The van der Waals surface area contributed by atoms with E-state index in [-0.39, 0.29) is 18.5 Å². The van der Waals surface area contributed by atoms with Crippen molar-refractivity contribution in [3.8, 4) is 0 Å². The monoisotopic (exact) mass is 298 g/mol. The maximum atomic E-state index is 12.9. The fourth-order valence-electron chi connectivity index (χ4n) is 3.02. The van der Waals surface area contributed by atoms with Crippen molar-refractivity contribution in [3.63, 3.8) is 0 Å². The maximum absolute atomic E-state index is 12.9. The van der Waals surface area contributed by atoms with Crippen molar-refractivity contribution in [2.24, 2.45) is 5.92 Å². The van der Waals surface area contributed by atoms with Gasteiger partial charge in [0.2, 0.25) is 0 Å². The second-order valence-corrected chi connectivity index (χ2v) is 5.80. The molecule has 22 heavy (non-hydrogen) atoms. The minimum absolute atomic E-state index is 0.0314. The zero-order valence-corrected chi connectivity index (χ0v) is 12.4. The molecule has 0 bridgehead atoms. The molecular weight excluding hydrogens is 280 g/mol. The Morgan fingerprint density at radius 2 is 2.00 bits per heavy atom. The summed E-state index contributed by atoms with van der Waals surface area (Å²) in [5.74, 6) is -1.51. The number of pyridine rings is 1. The summed E-state index contributed by atoms with van der Waals surface area (Å²) in [6.45, 7) is 2.21. The predicted molar refractivity (Wildman–Crippen MR) is 82.6 cm³/mol. The van der Waals surface area contributed by atoms with E-state index in [9.17, 15) is 14.7 Å². The molecule has 1 saturated heterocycles. The Morgan fingerprint density at radius 1 is 1.23 bits per heavy atom. The number of carbonyl (C=O) groups excluding carboxylic acids is 1. The lowest BCUT2D eigenvalue weighted by molar-refractivity contribution is -0.143. The highest BCUT2D eigenvalue weighted by Crippen LogP contribution is 2.25. The number of amides is 1. The van der Waals surface area contributed by atoms with E-state index in [1.54, 1.807) is 11.1 Å². The molecule has 5 heteroatoms. The number of aliphatic carboxylic acids is 1. The molecule has 0 aliphatic carbocycles. The average molecular weight is 298 g/mol. The summed E-state index contributed by atoms with van der Waals surface area (Å²) in [6.07, 6.45) is 2.94. The average Bonchev–Trinajstić information content (AvgIpc) is 2.54. The van der Waals surface area contributed by atoms with Crippen LogP contribution >= 0.6 is 0 Å². The molecule has 5 nitrogen and oxygen atoms in total. The molecule has 3 rings (SSSR count). The Hall–Kier alpha value is -2.43. The van der Waals surface area contributed by atoms with Crippen molar-refractivity contribution in [3.05, 3.63) is 42.2 Å². The number of likely N-dealkylation sites (tertiary alicyclic amines) is 1. The molecule has 2 aromatic rings. The molecule has 0 spiro atoms. The van der Waals surface area contributed by atoms with E-state index in [4.69, 9.17) is 0 Å². The van der Waals surface area contributed by atoms with Crippen LogP contribution in [-0.4, -0.2) is 39.5 Å². The normalized spacial score (nSPS) is 21.8. The summed E-state index contributed by atoms with van der Waals surface area (Å²) < 4.78 is 0. The van der Waals surface area contributed by atoms with Crippen LogP contribution in [0.5, 0.6) is 0 Å². The van der Waals surface area contributed by atoms with Crippen LogP contribution in [0.15, 0.2) is 36.5 Å². The lowest BCUT2D eigenvalue weighted by Gasteiger charge is -2.36. The number of piperidine rings is 1. The third-order valence-corrected chi connectivity index (χ3v) is 4.37. The molecule has 1 aliphatic heterocycles. The molecule has 1 aliphatic rings. The highest BCUT2D eigenvalue weighted by Gasteiger charge is 2.33. The van der Waals surface area contributed by atoms with Crippen molar-refractivity contribution < 1.29 is 14.7 Å². The van der Waals surface area contributed by atoms with Gasteiger partial charge in [0.15, 0.2) is 0 Å². The minimum Gasteiger partial charge on any atom is -0.481 e. The van der Waals surface area contributed by atoms with Crippen LogP contribution in [0.4, 0.5) is 0 Å². The number of fused-ring (bicyclic) bond motifs is 1. The maximum Gasteiger partial charge on any atom is 0.308 e. The van der Waals surface area contributed by atoms with Crippen LogP contribution in [0, 0.1) is 5.92 Å². The smallest absolute Gasteiger partial charge is 0.308 e. The molecule has 1 unspecified atom stereocenters. The fraction of sp³-hybridized carbons (Fsp3) is 0.353. The molecule has 1 fully saturated rings. The molecule has 0 saturated carbocycles. The zero-order chi connectivity index (χ0) is 15.7. The van der Waals surface area contributed by atoms with Gasteiger partial charge in [0, 0.05) is 24.2 Å². The van der Waals surface area contributed by atoms with Gasteiger partial charge in [-0.25, -0.2) is 0 Å². The molecule has 114 valence electrons. The van der Waals surface area contributed by atoms with Crippen molar-refractivity contribution in [1.82, 2.24) is 9.88 Å². The number of aromatic nitrogens is 1.